The fraction of sp³-hybridized carbons (Fsp3) is 0.929. The van der Waals surface area contributed by atoms with Crippen molar-refractivity contribution in [2.75, 3.05) is 19.8 Å². The zero-order valence-corrected chi connectivity index (χ0v) is 12.8. The van der Waals surface area contributed by atoms with Crippen molar-refractivity contribution in [1.82, 2.24) is 10.6 Å². The summed E-state index contributed by atoms with van der Waals surface area (Å²) in [4.78, 5) is 0. The van der Waals surface area contributed by atoms with Crippen LogP contribution in [0.5, 0.6) is 0 Å². The zero-order chi connectivity index (χ0) is 13.4. The Bertz CT molecular complexity index is 248. The van der Waals surface area contributed by atoms with Gasteiger partial charge in [-0.25, -0.2) is 0 Å². The van der Waals surface area contributed by atoms with Gasteiger partial charge in [-0.3, -0.25) is 0 Å². The number of thiocarbonyl (C=S) groups is 1. The minimum atomic E-state index is 0.542. The molecule has 0 spiro atoms. The molecule has 0 radical (unpaired) electrons. The predicted octanol–water partition coefficient (Wildman–Crippen LogP) is 2.70. The molecule has 4 heteroatoms. The minimum Gasteiger partial charge on any atom is -0.382 e. The molecule has 1 aliphatic rings. The molecule has 3 unspecified atom stereocenters. The van der Waals surface area contributed by atoms with Crippen molar-refractivity contribution >= 4 is 17.3 Å². The molecule has 0 aliphatic heterocycles. The van der Waals surface area contributed by atoms with Crippen molar-refractivity contribution in [1.29, 1.82) is 0 Å². The summed E-state index contributed by atoms with van der Waals surface area (Å²) in [5.74, 6) is 1.51. The average molecular weight is 272 g/mol. The summed E-state index contributed by atoms with van der Waals surface area (Å²) in [7, 11) is 0. The lowest BCUT2D eigenvalue weighted by Gasteiger charge is -2.35. The molecule has 106 valence electrons. The van der Waals surface area contributed by atoms with E-state index in [-0.39, 0.29) is 0 Å². The maximum absolute atomic E-state index is 5.34. The third kappa shape index (κ3) is 5.53. The van der Waals surface area contributed by atoms with E-state index >= 15 is 0 Å². The van der Waals surface area contributed by atoms with E-state index in [1.807, 2.05) is 6.92 Å². The summed E-state index contributed by atoms with van der Waals surface area (Å²) < 4.78 is 5.29. The highest BCUT2D eigenvalue weighted by Crippen LogP contribution is 2.29. The summed E-state index contributed by atoms with van der Waals surface area (Å²) in [6.07, 6.45) is 4.92. The third-order valence-corrected chi connectivity index (χ3v) is 4.24. The lowest BCUT2D eigenvalue weighted by Crippen LogP contribution is -2.47. The van der Waals surface area contributed by atoms with Crippen LogP contribution in [0.4, 0.5) is 0 Å². The highest BCUT2D eigenvalue weighted by Gasteiger charge is 2.27. The highest BCUT2D eigenvalue weighted by molar-refractivity contribution is 7.80. The highest BCUT2D eigenvalue weighted by atomic mass is 32.1. The van der Waals surface area contributed by atoms with Gasteiger partial charge in [-0.05, 0) is 43.8 Å². The van der Waals surface area contributed by atoms with Gasteiger partial charge in [-0.2, -0.15) is 0 Å². The van der Waals surface area contributed by atoms with Gasteiger partial charge in [0, 0.05) is 25.8 Å². The van der Waals surface area contributed by atoms with Crippen molar-refractivity contribution in [3.05, 3.63) is 0 Å². The first-order valence-electron chi connectivity index (χ1n) is 7.27. The largest absolute Gasteiger partial charge is 0.382 e. The van der Waals surface area contributed by atoms with Gasteiger partial charge < -0.3 is 15.4 Å². The molecule has 1 saturated carbocycles. The van der Waals surface area contributed by atoms with Crippen molar-refractivity contribution in [3.63, 3.8) is 0 Å². The van der Waals surface area contributed by atoms with Crippen LogP contribution in [0.3, 0.4) is 0 Å². The van der Waals surface area contributed by atoms with Gasteiger partial charge in [0.25, 0.3) is 0 Å². The van der Waals surface area contributed by atoms with E-state index in [9.17, 15) is 0 Å². The molecule has 3 nitrogen and oxygen atoms in total. The Balaban J connectivity index is 2.15. The monoisotopic (exact) mass is 272 g/mol. The molecule has 2 N–H and O–H groups in total. The average Bonchev–Trinajstić information content (AvgIpc) is 2.35. The first kappa shape index (κ1) is 15.7. The molecule has 0 aromatic carbocycles. The molecular formula is C14H28N2OS. The second kappa shape index (κ2) is 8.70. The van der Waals surface area contributed by atoms with Crippen molar-refractivity contribution in [2.24, 2.45) is 11.8 Å². The fourth-order valence-corrected chi connectivity index (χ4v) is 2.78. The lowest BCUT2D eigenvalue weighted by atomic mass is 9.78. The molecule has 3 atom stereocenters. The van der Waals surface area contributed by atoms with Crippen LogP contribution >= 0.6 is 12.2 Å². The first-order valence-corrected chi connectivity index (χ1v) is 7.68. The van der Waals surface area contributed by atoms with Crippen LogP contribution in [0.2, 0.25) is 0 Å². The first-order chi connectivity index (χ1) is 8.65. The SMILES string of the molecule is CCOCCCNC(=S)NC1CCCC(C)C1C. The van der Waals surface area contributed by atoms with Crippen molar-refractivity contribution < 1.29 is 4.74 Å². The molecule has 0 aromatic heterocycles. The van der Waals surface area contributed by atoms with Crippen LogP contribution in [0, 0.1) is 11.8 Å². The lowest BCUT2D eigenvalue weighted by molar-refractivity contribution is 0.145. The number of rotatable bonds is 6. The Morgan fingerprint density at radius 1 is 1.33 bits per heavy atom. The summed E-state index contributed by atoms with van der Waals surface area (Å²) in [6.45, 7) is 9.19. The standard InChI is InChI=1S/C14H28N2OS/c1-4-17-10-6-9-15-14(18)16-13-8-5-7-11(2)12(13)3/h11-13H,4-10H2,1-3H3,(H2,15,16,18). The van der Waals surface area contributed by atoms with Crippen molar-refractivity contribution in [3.8, 4) is 0 Å². The number of hydrogen-bond acceptors (Lipinski definition) is 2. The quantitative estimate of drug-likeness (QED) is 0.575. The number of hydrogen-bond donors (Lipinski definition) is 2. The molecule has 0 amide bonds. The van der Waals surface area contributed by atoms with Crippen LogP contribution in [-0.2, 0) is 4.74 Å². The molecule has 1 aliphatic carbocycles. The van der Waals surface area contributed by atoms with Crippen LogP contribution in [0.25, 0.3) is 0 Å². The van der Waals surface area contributed by atoms with Crippen molar-refractivity contribution in [2.45, 2.75) is 52.5 Å². The maximum atomic E-state index is 5.34. The minimum absolute atomic E-state index is 0.542. The van der Waals surface area contributed by atoms with E-state index in [1.54, 1.807) is 0 Å². The van der Waals surface area contributed by atoms with Crippen LogP contribution < -0.4 is 10.6 Å². The summed E-state index contributed by atoms with van der Waals surface area (Å²) in [5.41, 5.74) is 0. The van der Waals surface area contributed by atoms with Gasteiger partial charge in [0.05, 0.1) is 0 Å². The normalized spacial score (nSPS) is 27.8. The molecule has 0 saturated heterocycles. The molecule has 1 fully saturated rings. The molecule has 18 heavy (non-hydrogen) atoms. The molecular weight excluding hydrogens is 244 g/mol. The van der Waals surface area contributed by atoms with E-state index < -0.39 is 0 Å². The van der Waals surface area contributed by atoms with Gasteiger partial charge in [0.2, 0.25) is 0 Å². The third-order valence-electron chi connectivity index (χ3n) is 3.98. The topological polar surface area (TPSA) is 33.3 Å². The van der Waals surface area contributed by atoms with E-state index in [4.69, 9.17) is 17.0 Å². The number of ether oxygens (including phenoxy) is 1. The Morgan fingerprint density at radius 3 is 2.83 bits per heavy atom. The van der Waals surface area contributed by atoms with E-state index in [2.05, 4.69) is 24.5 Å². The predicted molar refractivity (Wildman–Crippen MR) is 80.8 cm³/mol. The van der Waals surface area contributed by atoms with Crippen LogP contribution in [0.1, 0.15) is 46.5 Å². The Kier molecular flexibility index (Phi) is 7.59. The van der Waals surface area contributed by atoms with Gasteiger partial charge in [-0.15, -0.1) is 0 Å². The second-order valence-electron chi connectivity index (χ2n) is 5.32. The van der Waals surface area contributed by atoms with Gasteiger partial charge in [0.15, 0.2) is 5.11 Å². The molecule has 1 rings (SSSR count). The van der Waals surface area contributed by atoms with E-state index in [0.29, 0.717) is 12.0 Å². The number of nitrogens with one attached hydrogen (secondary N) is 2. The Labute approximate surface area is 117 Å². The van der Waals surface area contributed by atoms with Gasteiger partial charge in [0.1, 0.15) is 0 Å². The van der Waals surface area contributed by atoms with Crippen LogP contribution in [-0.4, -0.2) is 30.9 Å². The molecule has 0 bridgehead atoms. The molecule has 0 heterocycles. The summed E-state index contributed by atoms with van der Waals surface area (Å²) in [5, 5.41) is 7.54. The Hall–Kier alpha value is -0.350. The zero-order valence-electron chi connectivity index (χ0n) is 12.0. The smallest absolute Gasteiger partial charge is 0.166 e. The Morgan fingerprint density at radius 2 is 2.11 bits per heavy atom. The van der Waals surface area contributed by atoms with Gasteiger partial charge in [-0.1, -0.05) is 26.7 Å². The van der Waals surface area contributed by atoms with E-state index in [0.717, 1.165) is 37.2 Å². The second-order valence-corrected chi connectivity index (χ2v) is 5.73. The summed E-state index contributed by atoms with van der Waals surface area (Å²) in [6, 6.07) is 0.542. The maximum Gasteiger partial charge on any atom is 0.166 e. The fourth-order valence-electron chi connectivity index (χ4n) is 2.53. The van der Waals surface area contributed by atoms with Gasteiger partial charge >= 0.3 is 0 Å². The summed E-state index contributed by atoms with van der Waals surface area (Å²) >= 11 is 5.34. The van der Waals surface area contributed by atoms with Crippen LogP contribution in [0.15, 0.2) is 0 Å². The molecule has 0 aromatic rings. The van der Waals surface area contributed by atoms with E-state index in [1.165, 1.54) is 19.3 Å².